The summed E-state index contributed by atoms with van der Waals surface area (Å²) in [5.41, 5.74) is 2.06. The molecule has 0 saturated carbocycles. The molecular formula is C16H17IN2O. The summed E-state index contributed by atoms with van der Waals surface area (Å²) in [6, 6.07) is 17.9. The summed E-state index contributed by atoms with van der Waals surface area (Å²) < 4.78 is 1.18. The average molecular weight is 380 g/mol. The van der Waals surface area contributed by atoms with Crippen molar-refractivity contribution in [1.82, 2.24) is 5.32 Å². The molecule has 2 aromatic rings. The van der Waals surface area contributed by atoms with Crippen molar-refractivity contribution in [2.45, 2.75) is 13.0 Å². The molecule has 104 valence electrons. The van der Waals surface area contributed by atoms with Gasteiger partial charge in [-0.05, 0) is 59.3 Å². The molecule has 1 atom stereocenters. The van der Waals surface area contributed by atoms with Gasteiger partial charge in [0.15, 0.2) is 0 Å². The second-order valence-electron chi connectivity index (χ2n) is 4.56. The zero-order valence-corrected chi connectivity index (χ0v) is 13.4. The van der Waals surface area contributed by atoms with E-state index in [-0.39, 0.29) is 18.5 Å². The molecule has 0 aliphatic heterocycles. The van der Waals surface area contributed by atoms with E-state index in [2.05, 4.69) is 33.2 Å². The highest BCUT2D eigenvalue weighted by Gasteiger charge is 2.08. The van der Waals surface area contributed by atoms with Crippen LogP contribution in [0, 0.1) is 3.57 Å². The van der Waals surface area contributed by atoms with Crippen molar-refractivity contribution in [1.29, 1.82) is 0 Å². The normalized spacial score (nSPS) is 11.7. The molecule has 0 aliphatic carbocycles. The number of amides is 1. The zero-order valence-electron chi connectivity index (χ0n) is 11.3. The van der Waals surface area contributed by atoms with Gasteiger partial charge in [0.05, 0.1) is 12.6 Å². The Morgan fingerprint density at radius 2 is 1.75 bits per heavy atom. The van der Waals surface area contributed by atoms with Crippen LogP contribution in [0.3, 0.4) is 0 Å². The summed E-state index contributed by atoms with van der Waals surface area (Å²) in [6.45, 7) is 2.26. The number of nitrogens with one attached hydrogen (secondary N) is 2. The van der Waals surface area contributed by atoms with Gasteiger partial charge >= 0.3 is 0 Å². The highest BCUT2D eigenvalue weighted by molar-refractivity contribution is 14.1. The molecule has 2 N–H and O–H groups in total. The Morgan fingerprint density at radius 1 is 1.10 bits per heavy atom. The molecule has 4 heteroatoms. The lowest BCUT2D eigenvalue weighted by molar-refractivity contribution is -0.120. The molecule has 0 aliphatic rings. The van der Waals surface area contributed by atoms with Crippen molar-refractivity contribution in [3.63, 3.8) is 0 Å². The number of hydrogen-bond acceptors (Lipinski definition) is 2. The van der Waals surface area contributed by atoms with Gasteiger partial charge < -0.3 is 10.6 Å². The van der Waals surface area contributed by atoms with Crippen LogP contribution in [-0.2, 0) is 4.79 Å². The zero-order chi connectivity index (χ0) is 14.4. The van der Waals surface area contributed by atoms with Gasteiger partial charge in [-0.25, -0.2) is 0 Å². The molecule has 0 heterocycles. The van der Waals surface area contributed by atoms with Crippen LogP contribution in [-0.4, -0.2) is 12.5 Å². The maximum Gasteiger partial charge on any atom is 0.239 e. The predicted octanol–water partition coefficient (Wildman–Crippen LogP) is 3.58. The summed E-state index contributed by atoms with van der Waals surface area (Å²) in [4.78, 5) is 11.9. The fraction of sp³-hybridized carbons (Fsp3) is 0.188. The van der Waals surface area contributed by atoms with Crippen LogP contribution < -0.4 is 10.6 Å². The van der Waals surface area contributed by atoms with Gasteiger partial charge in [-0.3, -0.25) is 4.79 Å². The van der Waals surface area contributed by atoms with Crippen LogP contribution in [0.4, 0.5) is 5.69 Å². The van der Waals surface area contributed by atoms with Gasteiger partial charge in [0.25, 0.3) is 0 Å². The van der Waals surface area contributed by atoms with Crippen molar-refractivity contribution in [3.05, 3.63) is 63.7 Å². The Labute approximate surface area is 132 Å². The first kappa shape index (κ1) is 14.8. The van der Waals surface area contributed by atoms with Crippen molar-refractivity contribution in [3.8, 4) is 0 Å². The van der Waals surface area contributed by atoms with E-state index in [1.807, 2.05) is 61.5 Å². The Kier molecular flexibility index (Phi) is 5.40. The first-order valence-electron chi connectivity index (χ1n) is 6.49. The third-order valence-electron chi connectivity index (χ3n) is 2.97. The number of halogens is 1. The van der Waals surface area contributed by atoms with Crippen LogP contribution in [0.25, 0.3) is 0 Å². The van der Waals surface area contributed by atoms with E-state index in [9.17, 15) is 4.79 Å². The number of hydrogen-bond donors (Lipinski definition) is 2. The Bertz CT molecular complexity index is 554. The Hall–Kier alpha value is -1.56. The molecule has 0 radical (unpaired) electrons. The molecule has 0 unspecified atom stereocenters. The topological polar surface area (TPSA) is 41.1 Å². The molecule has 0 spiro atoms. The quantitative estimate of drug-likeness (QED) is 0.779. The molecule has 2 rings (SSSR count). The molecule has 3 nitrogen and oxygen atoms in total. The van der Waals surface area contributed by atoms with Gasteiger partial charge in [-0.1, -0.05) is 30.3 Å². The summed E-state index contributed by atoms with van der Waals surface area (Å²) in [5, 5.41) is 6.09. The third-order valence-corrected chi connectivity index (χ3v) is 3.69. The Morgan fingerprint density at radius 3 is 2.40 bits per heavy atom. The molecule has 0 saturated heterocycles. The van der Waals surface area contributed by atoms with Crippen molar-refractivity contribution in [2.75, 3.05) is 11.9 Å². The molecule has 20 heavy (non-hydrogen) atoms. The summed E-state index contributed by atoms with van der Waals surface area (Å²) >= 11 is 2.25. The first-order valence-corrected chi connectivity index (χ1v) is 7.57. The van der Waals surface area contributed by atoms with E-state index in [0.29, 0.717) is 0 Å². The fourth-order valence-corrected chi connectivity index (χ4v) is 2.23. The van der Waals surface area contributed by atoms with Gasteiger partial charge in [0.2, 0.25) is 5.91 Å². The van der Waals surface area contributed by atoms with Crippen molar-refractivity contribution < 1.29 is 4.79 Å². The van der Waals surface area contributed by atoms with Crippen LogP contribution >= 0.6 is 22.6 Å². The molecule has 0 aromatic heterocycles. The minimum absolute atomic E-state index is 0.0140. The van der Waals surface area contributed by atoms with Gasteiger partial charge in [0, 0.05) is 9.26 Å². The smallest absolute Gasteiger partial charge is 0.239 e. The van der Waals surface area contributed by atoms with Crippen LogP contribution in [0.1, 0.15) is 18.5 Å². The predicted molar refractivity (Wildman–Crippen MR) is 90.6 cm³/mol. The second kappa shape index (κ2) is 7.28. The molecule has 0 fully saturated rings. The standard InChI is InChI=1S/C16H17IN2O/c1-12(13-5-3-2-4-6-13)19-16(20)11-18-15-9-7-14(17)8-10-15/h2-10,12,18H,11H2,1H3,(H,19,20)/t12-/m1/s1. The average Bonchev–Trinajstić information content (AvgIpc) is 2.47. The maximum atomic E-state index is 11.9. The maximum absolute atomic E-state index is 11.9. The van der Waals surface area contributed by atoms with E-state index in [1.54, 1.807) is 0 Å². The van der Waals surface area contributed by atoms with Crippen LogP contribution in [0.2, 0.25) is 0 Å². The fourth-order valence-electron chi connectivity index (χ4n) is 1.87. The highest BCUT2D eigenvalue weighted by Crippen LogP contribution is 2.12. The summed E-state index contributed by atoms with van der Waals surface area (Å²) in [6.07, 6.45) is 0. The van der Waals surface area contributed by atoms with E-state index >= 15 is 0 Å². The van der Waals surface area contributed by atoms with Gasteiger partial charge in [-0.15, -0.1) is 0 Å². The first-order chi connectivity index (χ1) is 9.65. The van der Waals surface area contributed by atoms with E-state index in [0.717, 1.165) is 11.3 Å². The minimum atomic E-state index is -0.0140. The lowest BCUT2D eigenvalue weighted by Gasteiger charge is -2.15. The number of carbonyl (C=O) groups excluding carboxylic acids is 1. The monoisotopic (exact) mass is 380 g/mol. The van der Waals surface area contributed by atoms with Crippen LogP contribution in [0.15, 0.2) is 54.6 Å². The lowest BCUT2D eigenvalue weighted by atomic mass is 10.1. The molecule has 0 bridgehead atoms. The van der Waals surface area contributed by atoms with E-state index in [4.69, 9.17) is 0 Å². The third kappa shape index (κ3) is 4.52. The highest BCUT2D eigenvalue weighted by atomic mass is 127. The Balaban J connectivity index is 1.82. The molecule has 1 amide bonds. The van der Waals surface area contributed by atoms with Crippen molar-refractivity contribution >= 4 is 34.2 Å². The second-order valence-corrected chi connectivity index (χ2v) is 5.81. The summed E-state index contributed by atoms with van der Waals surface area (Å²) in [5.74, 6) is -0.0140. The lowest BCUT2D eigenvalue weighted by Crippen LogP contribution is -2.32. The summed E-state index contributed by atoms with van der Waals surface area (Å²) in [7, 11) is 0. The molecule has 2 aromatic carbocycles. The minimum Gasteiger partial charge on any atom is -0.376 e. The van der Waals surface area contributed by atoms with E-state index < -0.39 is 0 Å². The SMILES string of the molecule is C[C@@H](NC(=O)CNc1ccc(I)cc1)c1ccccc1. The number of rotatable bonds is 5. The number of benzene rings is 2. The van der Waals surface area contributed by atoms with Gasteiger partial charge in [-0.2, -0.15) is 0 Å². The number of anilines is 1. The largest absolute Gasteiger partial charge is 0.376 e. The van der Waals surface area contributed by atoms with Crippen molar-refractivity contribution in [2.24, 2.45) is 0 Å². The van der Waals surface area contributed by atoms with Crippen LogP contribution in [0.5, 0.6) is 0 Å². The van der Waals surface area contributed by atoms with Gasteiger partial charge in [0.1, 0.15) is 0 Å². The number of carbonyl (C=O) groups is 1. The van der Waals surface area contributed by atoms with E-state index in [1.165, 1.54) is 3.57 Å². The molecular weight excluding hydrogens is 363 g/mol.